The van der Waals surface area contributed by atoms with Crippen LogP contribution in [-0.4, -0.2) is 36.2 Å². The van der Waals surface area contributed by atoms with Crippen LogP contribution in [0.2, 0.25) is 0 Å². The van der Waals surface area contributed by atoms with Crippen molar-refractivity contribution >= 4 is 32.4 Å². The van der Waals surface area contributed by atoms with Crippen LogP contribution >= 0.6 is 11.3 Å². The van der Waals surface area contributed by atoms with Crippen LogP contribution in [0.3, 0.4) is 0 Å². The number of anilines is 1. The van der Waals surface area contributed by atoms with Crippen molar-refractivity contribution in [2.24, 2.45) is 0 Å². The van der Waals surface area contributed by atoms with E-state index in [1.165, 1.54) is 27.8 Å². The van der Waals surface area contributed by atoms with Crippen LogP contribution in [0.4, 0.5) is 9.52 Å². The molecular formula is C19H24FN3O3S2. The second-order valence-corrected chi connectivity index (χ2v) is 10.1. The lowest BCUT2D eigenvalue weighted by Gasteiger charge is -2.32. The normalized spacial score (nSPS) is 15.7. The van der Waals surface area contributed by atoms with E-state index < -0.39 is 21.7 Å². The third kappa shape index (κ3) is 4.76. The molecule has 1 saturated carbocycles. The minimum Gasteiger partial charge on any atom is -0.301 e. The maximum Gasteiger partial charge on any atom is 0.243 e. The second kappa shape index (κ2) is 8.67. The zero-order valence-electron chi connectivity index (χ0n) is 15.9. The van der Waals surface area contributed by atoms with Crippen molar-refractivity contribution in [3.63, 3.8) is 0 Å². The van der Waals surface area contributed by atoms with E-state index in [-0.39, 0.29) is 17.5 Å². The van der Waals surface area contributed by atoms with Gasteiger partial charge in [-0.05, 0) is 51.0 Å². The second-order valence-electron chi connectivity index (χ2n) is 7.00. The molecule has 0 radical (unpaired) electrons. The first-order chi connectivity index (χ1) is 13.3. The van der Waals surface area contributed by atoms with Crippen molar-refractivity contribution in [2.75, 3.05) is 11.9 Å². The predicted molar refractivity (Wildman–Crippen MR) is 107 cm³/mol. The van der Waals surface area contributed by atoms with Gasteiger partial charge in [0.15, 0.2) is 5.13 Å². The molecule has 152 valence electrons. The zero-order chi connectivity index (χ0) is 20.3. The number of carbonyl (C=O) groups is 1. The van der Waals surface area contributed by atoms with Gasteiger partial charge < -0.3 is 5.32 Å². The van der Waals surface area contributed by atoms with Crippen molar-refractivity contribution < 1.29 is 17.6 Å². The number of nitrogens with one attached hydrogen (secondary N) is 1. The van der Waals surface area contributed by atoms with Crippen molar-refractivity contribution in [3.8, 4) is 0 Å². The topological polar surface area (TPSA) is 79.4 Å². The molecule has 1 aromatic heterocycles. The summed E-state index contributed by atoms with van der Waals surface area (Å²) in [7, 11) is -3.92. The number of aromatic nitrogens is 1. The smallest absolute Gasteiger partial charge is 0.243 e. The molecule has 1 heterocycles. The molecule has 0 spiro atoms. The molecule has 28 heavy (non-hydrogen) atoms. The number of nitrogens with zero attached hydrogens (tertiary/aromatic N) is 2. The molecule has 0 aliphatic heterocycles. The molecule has 1 aliphatic rings. The number of aryl methyl sites for hydroxylation is 2. The Bertz CT molecular complexity index is 916. The van der Waals surface area contributed by atoms with Gasteiger partial charge in [0, 0.05) is 10.9 Å². The number of sulfonamides is 1. The Morgan fingerprint density at radius 2 is 1.86 bits per heavy atom. The Hall–Kier alpha value is -1.84. The zero-order valence-corrected chi connectivity index (χ0v) is 17.6. The quantitative estimate of drug-likeness (QED) is 0.762. The first-order valence-corrected chi connectivity index (χ1v) is 11.5. The number of halogens is 1. The average molecular weight is 426 g/mol. The van der Waals surface area contributed by atoms with Gasteiger partial charge in [0.2, 0.25) is 15.9 Å². The van der Waals surface area contributed by atoms with Crippen LogP contribution in [-0.2, 0) is 14.8 Å². The fourth-order valence-corrected chi connectivity index (χ4v) is 5.82. The van der Waals surface area contributed by atoms with Gasteiger partial charge >= 0.3 is 0 Å². The van der Waals surface area contributed by atoms with Crippen molar-refractivity contribution in [1.82, 2.24) is 9.29 Å². The number of hydrogen-bond acceptors (Lipinski definition) is 5. The molecule has 1 aromatic carbocycles. The van der Waals surface area contributed by atoms with E-state index in [1.54, 1.807) is 0 Å². The highest BCUT2D eigenvalue weighted by Crippen LogP contribution is 2.28. The Balaban J connectivity index is 1.84. The summed E-state index contributed by atoms with van der Waals surface area (Å²) in [6, 6.07) is 4.48. The van der Waals surface area contributed by atoms with Gasteiger partial charge in [0.05, 0.1) is 17.1 Å². The number of amides is 1. The van der Waals surface area contributed by atoms with Crippen LogP contribution in [0.15, 0.2) is 29.2 Å². The van der Waals surface area contributed by atoms with E-state index in [0.29, 0.717) is 18.0 Å². The first kappa shape index (κ1) is 20.9. The van der Waals surface area contributed by atoms with E-state index in [1.807, 2.05) is 13.8 Å². The Labute approximate surface area is 168 Å². The fraction of sp³-hybridized carbons (Fsp3) is 0.474. The molecule has 1 N–H and O–H groups in total. The third-order valence-electron chi connectivity index (χ3n) is 4.98. The molecule has 1 fully saturated rings. The molecule has 1 aliphatic carbocycles. The van der Waals surface area contributed by atoms with Gasteiger partial charge in [-0.3, -0.25) is 4.79 Å². The Morgan fingerprint density at radius 1 is 1.21 bits per heavy atom. The molecule has 0 atom stereocenters. The number of carbonyl (C=O) groups excluding carboxylic acids is 1. The van der Waals surface area contributed by atoms with Crippen molar-refractivity contribution in [2.45, 2.75) is 56.9 Å². The number of rotatable bonds is 6. The highest BCUT2D eigenvalue weighted by Gasteiger charge is 2.34. The monoisotopic (exact) mass is 425 g/mol. The van der Waals surface area contributed by atoms with Gasteiger partial charge in [-0.15, -0.1) is 11.3 Å². The molecule has 9 heteroatoms. The van der Waals surface area contributed by atoms with Gasteiger partial charge in [-0.1, -0.05) is 19.3 Å². The Kier molecular flexibility index (Phi) is 6.47. The molecule has 2 aromatic rings. The predicted octanol–water partition coefficient (Wildman–Crippen LogP) is 3.86. The van der Waals surface area contributed by atoms with E-state index in [4.69, 9.17) is 0 Å². The van der Waals surface area contributed by atoms with Gasteiger partial charge in [0.25, 0.3) is 0 Å². The van der Waals surface area contributed by atoms with Crippen LogP contribution in [0, 0.1) is 19.7 Å². The van der Waals surface area contributed by atoms with Gasteiger partial charge in [-0.2, -0.15) is 4.31 Å². The summed E-state index contributed by atoms with van der Waals surface area (Å²) in [4.78, 5) is 17.9. The van der Waals surface area contributed by atoms with E-state index in [0.717, 1.165) is 42.0 Å². The minimum absolute atomic E-state index is 0.00629. The Morgan fingerprint density at radius 3 is 2.43 bits per heavy atom. The van der Waals surface area contributed by atoms with E-state index in [9.17, 15) is 17.6 Å². The maximum absolute atomic E-state index is 13.2. The van der Waals surface area contributed by atoms with Crippen LogP contribution in [0.25, 0.3) is 0 Å². The molecule has 0 saturated heterocycles. The fourth-order valence-electron chi connectivity index (χ4n) is 3.35. The lowest BCUT2D eigenvalue weighted by molar-refractivity contribution is -0.116. The summed E-state index contributed by atoms with van der Waals surface area (Å²) in [5.74, 6) is -0.930. The summed E-state index contributed by atoms with van der Waals surface area (Å²) < 4.78 is 40.9. The largest absolute Gasteiger partial charge is 0.301 e. The van der Waals surface area contributed by atoms with Crippen molar-refractivity contribution in [1.29, 1.82) is 0 Å². The number of hydrogen-bond donors (Lipinski definition) is 1. The van der Waals surface area contributed by atoms with E-state index >= 15 is 0 Å². The third-order valence-corrected chi connectivity index (χ3v) is 7.88. The summed E-state index contributed by atoms with van der Waals surface area (Å²) in [5, 5.41) is 3.17. The molecule has 0 unspecified atom stereocenters. The van der Waals surface area contributed by atoms with Gasteiger partial charge in [0.1, 0.15) is 5.82 Å². The lowest BCUT2D eigenvalue weighted by atomic mass is 9.95. The van der Waals surface area contributed by atoms with Crippen molar-refractivity contribution in [3.05, 3.63) is 40.7 Å². The minimum atomic E-state index is -3.92. The summed E-state index contributed by atoms with van der Waals surface area (Å²) in [6.45, 7) is 3.48. The van der Waals surface area contributed by atoms with Crippen LogP contribution < -0.4 is 5.32 Å². The van der Waals surface area contributed by atoms with Gasteiger partial charge in [-0.25, -0.2) is 17.8 Å². The van der Waals surface area contributed by atoms with E-state index in [2.05, 4.69) is 10.3 Å². The standard InChI is InChI=1S/C19H24FN3O3S2/c1-13-14(2)27-19(21-13)22-18(24)12-23(16-6-4-3-5-7-16)28(25,26)17-10-8-15(20)9-11-17/h8-11,16H,3-7,12H2,1-2H3,(H,21,22,24). The summed E-state index contributed by atoms with van der Waals surface area (Å²) >= 11 is 1.36. The first-order valence-electron chi connectivity index (χ1n) is 9.28. The van der Waals surface area contributed by atoms with Crippen LogP contribution in [0.1, 0.15) is 42.7 Å². The number of benzene rings is 1. The maximum atomic E-state index is 13.2. The highest BCUT2D eigenvalue weighted by molar-refractivity contribution is 7.89. The SMILES string of the molecule is Cc1nc(NC(=O)CN(C2CCCCC2)S(=O)(=O)c2ccc(F)cc2)sc1C. The average Bonchev–Trinajstić information content (AvgIpc) is 2.97. The molecule has 1 amide bonds. The molecule has 0 bridgehead atoms. The number of thiazole rings is 1. The molecule has 3 rings (SSSR count). The summed E-state index contributed by atoms with van der Waals surface area (Å²) in [6.07, 6.45) is 4.33. The summed E-state index contributed by atoms with van der Waals surface area (Å²) in [5.41, 5.74) is 0.836. The molecular weight excluding hydrogens is 401 g/mol. The highest BCUT2D eigenvalue weighted by atomic mass is 32.2. The van der Waals surface area contributed by atoms with Crippen LogP contribution in [0.5, 0.6) is 0 Å². The lowest BCUT2D eigenvalue weighted by Crippen LogP contribution is -2.45. The molecule has 6 nitrogen and oxygen atoms in total.